The number of hydrogen-bond acceptors (Lipinski definition) is 6. The monoisotopic (exact) mass is 622 g/mol. The van der Waals surface area contributed by atoms with Gasteiger partial charge in [-0.05, 0) is 78.7 Å². The van der Waals surface area contributed by atoms with Gasteiger partial charge in [0.15, 0.2) is 6.10 Å². The Bertz CT molecular complexity index is 1890. The van der Waals surface area contributed by atoms with Crippen LogP contribution in [-0.4, -0.2) is 28.0 Å². The van der Waals surface area contributed by atoms with Crippen LogP contribution in [0, 0.1) is 0 Å². The molecule has 5 aromatic carbocycles. The number of carbonyl (C=O) groups excluding carboxylic acids is 1. The van der Waals surface area contributed by atoms with Gasteiger partial charge in [-0.2, -0.15) is 10.2 Å². The van der Waals surface area contributed by atoms with E-state index in [1.54, 1.807) is 30.0 Å². The molecule has 234 valence electrons. The molecule has 0 fully saturated rings. The summed E-state index contributed by atoms with van der Waals surface area (Å²) < 4.78 is 19.4. The van der Waals surface area contributed by atoms with Gasteiger partial charge in [-0.25, -0.2) is 10.1 Å². The average molecular weight is 623 g/mol. The van der Waals surface area contributed by atoms with Crippen molar-refractivity contribution < 1.29 is 19.0 Å². The highest BCUT2D eigenvalue weighted by Gasteiger charge is 2.15. The molecule has 0 spiro atoms. The van der Waals surface area contributed by atoms with Crippen LogP contribution in [0.1, 0.15) is 23.6 Å². The molecule has 1 heterocycles. The lowest BCUT2D eigenvalue weighted by molar-refractivity contribution is -0.127. The van der Waals surface area contributed by atoms with Crippen molar-refractivity contribution in [3.8, 4) is 34.2 Å². The van der Waals surface area contributed by atoms with Gasteiger partial charge in [0.05, 0.1) is 11.9 Å². The number of rotatable bonds is 13. The molecule has 0 bridgehead atoms. The predicted octanol–water partition coefficient (Wildman–Crippen LogP) is 7.61. The van der Waals surface area contributed by atoms with Crippen LogP contribution in [0.4, 0.5) is 0 Å². The Morgan fingerprint density at radius 2 is 1.23 bits per heavy atom. The van der Waals surface area contributed by atoms with E-state index in [4.69, 9.17) is 19.3 Å². The minimum absolute atomic E-state index is 0.387. The zero-order chi connectivity index (χ0) is 32.3. The highest BCUT2D eigenvalue weighted by Crippen LogP contribution is 2.26. The fraction of sp³-hybridized carbons (Fsp3) is 0.103. The second-order valence-corrected chi connectivity index (χ2v) is 10.8. The van der Waals surface area contributed by atoms with Crippen molar-refractivity contribution in [1.82, 2.24) is 15.2 Å². The smallest absolute Gasteiger partial charge is 0.280 e. The van der Waals surface area contributed by atoms with E-state index in [0.717, 1.165) is 33.7 Å². The number of nitrogens with zero attached hydrogens (tertiary/aromatic N) is 3. The maximum atomic E-state index is 12.8. The summed E-state index contributed by atoms with van der Waals surface area (Å²) in [5.74, 6) is 1.63. The van der Waals surface area contributed by atoms with E-state index < -0.39 is 6.10 Å². The van der Waals surface area contributed by atoms with Crippen LogP contribution in [0.3, 0.4) is 0 Å². The lowest BCUT2D eigenvalue weighted by Gasteiger charge is -2.13. The van der Waals surface area contributed by atoms with Gasteiger partial charge >= 0.3 is 0 Å². The van der Waals surface area contributed by atoms with Crippen molar-refractivity contribution in [2.75, 3.05) is 0 Å². The molecule has 6 rings (SSSR count). The van der Waals surface area contributed by atoms with Crippen LogP contribution in [0.25, 0.3) is 16.9 Å². The number of benzene rings is 5. The minimum Gasteiger partial charge on any atom is -0.489 e. The number of hydrogen-bond donors (Lipinski definition) is 1. The van der Waals surface area contributed by atoms with E-state index in [9.17, 15) is 4.79 Å². The number of aromatic nitrogens is 2. The summed E-state index contributed by atoms with van der Waals surface area (Å²) in [5, 5.41) is 9.08. The zero-order valence-corrected chi connectivity index (χ0v) is 25.9. The number of carbonyl (C=O) groups is 1. The van der Waals surface area contributed by atoms with Gasteiger partial charge < -0.3 is 14.2 Å². The van der Waals surface area contributed by atoms with Gasteiger partial charge in [-0.3, -0.25) is 4.79 Å². The second kappa shape index (κ2) is 15.2. The molecule has 8 nitrogen and oxygen atoms in total. The Morgan fingerprint density at radius 3 is 1.81 bits per heavy atom. The third-order valence-corrected chi connectivity index (χ3v) is 7.27. The predicted molar refractivity (Wildman–Crippen MR) is 183 cm³/mol. The summed E-state index contributed by atoms with van der Waals surface area (Å²) >= 11 is 0. The fourth-order valence-electron chi connectivity index (χ4n) is 4.74. The molecule has 1 atom stereocenters. The fourth-order valence-corrected chi connectivity index (χ4v) is 4.74. The molecule has 0 aliphatic rings. The maximum absolute atomic E-state index is 12.8. The molecule has 47 heavy (non-hydrogen) atoms. The molecule has 0 saturated carbocycles. The Morgan fingerprint density at radius 1 is 0.723 bits per heavy atom. The lowest BCUT2D eigenvalue weighted by Crippen LogP contribution is -2.33. The third kappa shape index (κ3) is 8.52. The molecule has 0 aliphatic heterocycles. The van der Waals surface area contributed by atoms with Gasteiger partial charge in [-0.1, -0.05) is 78.9 Å². The number of amides is 1. The van der Waals surface area contributed by atoms with Crippen molar-refractivity contribution in [2.45, 2.75) is 26.2 Å². The molecule has 1 amide bonds. The van der Waals surface area contributed by atoms with Crippen LogP contribution in [0.5, 0.6) is 17.2 Å². The molecule has 0 saturated heterocycles. The van der Waals surface area contributed by atoms with Crippen LogP contribution in [0.15, 0.2) is 151 Å². The van der Waals surface area contributed by atoms with E-state index in [1.165, 1.54) is 0 Å². The summed E-state index contributed by atoms with van der Waals surface area (Å²) in [4.78, 5) is 12.8. The summed E-state index contributed by atoms with van der Waals surface area (Å²) in [5.41, 5.74) is 8.00. The van der Waals surface area contributed by atoms with Crippen molar-refractivity contribution in [2.24, 2.45) is 5.10 Å². The van der Waals surface area contributed by atoms with Crippen molar-refractivity contribution >= 4 is 12.1 Å². The minimum atomic E-state index is -0.779. The van der Waals surface area contributed by atoms with E-state index in [1.807, 2.05) is 134 Å². The lowest BCUT2D eigenvalue weighted by atomic mass is 10.1. The molecule has 0 aliphatic carbocycles. The van der Waals surface area contributed by atoms with Crippen molar-refractivity contribution in [1.29, 1.82) is 0 Å². The average Bonchev–Trinajstić information content (AvgIpc) is 3.56. The van der Waals surface area contributed by atoms with Gasteiger partial charge in [0, 0.05) is 17.3 Å². The molecular formula is C39H34N4O4. The van der Waals surface area contributed by atoms with Crippen LogP contribution in [0.2, 0.25) is 0 Å². The summed E-state index contributed by atoms with van der Waals surface area (Å²) in [6.07, 6.45) is 2.69. The van der Waals surface area contributed by atoms with Gasteiger partial charge in [0.25, 0.3) is 5.91 Å². The van der Waals surface area contributed by atoms with Crippen molar-refractivity contribution in [3.63, 3.8) is 0 Å². The Kier molecular flexibility index (Phi) is 10.00. The van der Waals surface area contributed by atoms with Crippen LogP contribution >= 0.6 is 0 Å². The van der Waals surface area contributed by atoms with Gasteiger partial charge in [0.1, 0.15) is 36.2 Å². The Labute approximate surface area is 273 Å². The summed E-state index contributed by atoms with van der Waals surface area (Å²) in [7, 11) is 0. The first-order valence-corrected chi connectivity index (χ1v) is 15.3. The van der Waals surface area contributed by atoms with Crippen LogP contribution < -0.4 is 19.6 Å². The molecule has 8 heteroatoms. The highest BCUT2D eigenvalue weighted by molar-refractivity contribution is 5.90. The topological polar surface area (TPSA) is 87.0 Å². The first kappa shape index (κ1) is 30.9. The van der Waals surface area contributed by atoms with E-state index >= 15 is 0 Å². The molecule has 1 N–H and O–H groups in total. The Balaban J connectivity index is 1.09. The molecular weight excluding hydrogens is 588 g/mol. The zero-order valence-electron chi connectivity index (χ0n) is 25.9. The summed E-state index contributed by atoms with van der Waals surface area (Å²) in [6, 6.07) is 44.7. The maximum Gasteiger partial charge on any atom is 0.280 e. The van der Waals surface area contributed by atoms with Gasteiger partial charge in [-0.15, -0.1) is 0 Å². The standard InChI is InChI=1S/C39H34N4O4/c1-29(47-37-23-21-36(22-24-37)46-28-31-13-7-3-8-14-31)39(44)41-40-25-33-26-43(34-15-9-4-10-16-34)42-38(33)32-17-19-35(20-18-32)45-27-30-11-5-2-6-12-30/h2-26,29H,27-28H2,1H3,(H,41,44)/b40-25-/t29-/m1/s1. The molecule has 6 aromatic rings. The first-order valence-electron chi connectivity index (χ1n) is 15.3. The molecule has 0 unspecified atom stereocenters. The second-order valence-electron chi connectivity index (χ2n) is 10.8. The first-order chi connectivity index (χ1) is 23.1. The van der Waals surface area contributed by atoms with Gasteiger partial charge in [0.2, 0.25) is 0 Å². The summed E-state index contributed by atoms with van der Waals surface area (Å²) in [6.45, 7) is 2.63. The van der Waals surface area contributed by atoms with E-state index in [-0.39, 0.29) is 5.91 Å². The number of hydrazone groups is 1. The number of para-hydroxylation sites is 1. The van der Waals surface area contributed by atoms with Crippen LogP contribution in [-0.2, 0) is 18.0 Å². The Hall–Kier alpha value is -6.15. The normalized spacial score (nSPS) is 11.6. The largest absolute Gasteiger partial charge is 0.489 e. The number of nitrogens with one attached hydrogen (secondary N) is 1. The van der Waals surface area contributed by atoms with E-state index in [0.29, 0.717) is 30.4 Å². The number of ether oxygens (including phenoxy) is 3. The molecule has 0 radical (unpaired) electrons. The highest BCUT2D eigenvalue weighted by atomic mass is 16.5. The van der Waals surface area contributed by atoms with E-state index in [2.05, 4.69) is 10.5 Å². The van der Waals surface area contributed by atoms with Crippen molar-refractivity contribution in [3.05, 3.63) is 162 Å². The molecule has 1 aromatic heterocycles. The quantitative estimate of drug-likeness (QED) is 0.106. The SMILES string of the molecule is C[C@@H](Oc1ccc(OCc2ccccc2)cc1)C(=O)N/N=C\c1cn(-c2ccccc2)nc1-c1ccc(OCc2ccccc2)cc1. The third-order valence-electron chi connectivity index (χ3n) is 7.27.